The molecule has 2 saturated heterocycles. The van der Waals surface area contributed by atoms with Gasteiger partial charge in [-0.25, -0.2) is 16.8 Å². The monoisotopic (exact) mass is 411 g/mol. The quantitative estimate of drug-likeness (QED) is 0.748. The van der Waals surface area contributed by atoms with Crippen LogP contribution in [0.5, 0.6) is 0 Å². The van der Waals surface area contributed by atoms with E-state index in [4.69, 9.17) is 4.52 Å². The van der Waals surface area contributed by atoms with E-state index in [1.54, 1.807) is 13.8 Å². The van der Waals surface area contributed by atoms with Crippen molar-refractivity contribution in [2.24, 2.45) is 0 Å². The van der Waals surface area contributed by atoms with Crippen molar-refractivity contribution in [2.75, 3.05) is 18.8 Å². The second-order valence-electron chi connectivity index (χ2n) is 7.41. The molecule has 1 unspecified atom stereocenters. The predicted molar refractivity (Wildman–Crippen MR) is 99.2 cm³/mol. The lowest BCUT2D eigenvalue weighted by Gasteiger charge is -2.48. The van der Waals surface area contributed by atoms with E-state index in [0.29, 0.717) is 12.2 Å². The third-order valence-corrected chi connectivity index (χ3v) is 10.3. The molecule has 0 radical (unpaired) electrons. The summed E-state index contributed by atoms with van der Waals surface area (Å²) in [6, 6.07) is 9.27. The van der Waals surface area contributed by atoms with Crippen LogP contribution in [0.1, 0.15) is 32.1 Å². The molecule has 4 rings (SSSR count). The Morgan fingerprint density at radius 1 is 1.22 bits per heavy atom. The van der Waals surface area contributed by atoms with Crippen molar-refractivity contribution in [3.63, 3.8) is 0 Å². The Labute approximate surface area is 158 Å². The first-order valence-corrected chi connectivity index (χ1v) is 11.9. The van der Waals surface area contributed by atoms with Crippen LogP contribution in [-0.2, 0) is 19.9 Å². The van der Waals surface area contributed by atoms with E-state index in [1.165, 1.54) is 4.31 Å². The summed E-state index contributed by atoms with van der Waals surface area (Å²) in [4.78, 5) is 4.42. The van der Waals surface area contributed by atoms with Gasteiger partial charge in [0.2, 0.25) is 21.7 Å². The molecular weight excluding hydrogens is 390 g/mol. The minimum atomic E-state index is -3.49. The zero-order chi connectivity index (χ0) is 19.4. The van der Waals surface area contributed by atoms with E-state index in [9.17, 15) is 16.8 Å². The van der Waals surface area contributed by atoms with Gasteiger partial charge in [-0.3, -0.25) is 0 Å². The normalized spacial score (nSPS) is 24.3. The van der Waals surface area contributed by atoms with Crippen molar-refractivity contribution in [1.29, 1.82) is 0 Å². The molecular formula is C17H21N3O5S2. The van der Waals surface area contributed by atoms with Crippen LogP contribution in [0.25, 0.3) is 11.4 Å². The Morgan fingerprint density at radius 2 is 1.89 bits per heavy atom. The summed E-state index contributed by atoms with van der Waals surface area (Å²) in [6.45, 7) is 3.07. The molecule has 10 heteroatoms. The van der Waals surface area contributed by atoms with E-state index in [-0.39, 0.29) is 24.7 Å². The third kappa shape index (κ3) is 2.73. The fraction of sp³-hybridized carbons (Fsp3) is 0.529. The molecule has 1 spiro atoms. The van der Waals surface area contributed by atoms with E-state index in [2.05, 4.69) is 10.1 Å². The van der Waals surface area contributed by atoms with Crippen LogP contribution in [-0.4, -0.2) is 60.1 Å². The fourth-order valence-corrected chi connectivity index (χ4v) is 7.72. The lowest BCUT2D eigenvalue weighted by atomic mass is 9.84. The maximum Gasteiger partial charge on any atom is 0.231 e. The zero-order valence-corrected chi connectivity index (χ0v) is 16.7. The van der Waals surface area contributed by atoms with E-state index < -0.39 is 35.8 Å². The summed E-state index contributed by atoms with van der Waals surface area (Å²) in [5.41, 5.74) is 0.778. The lowest BCUT2D eigenvalue weighted by molar-refractivity contribution is 0.180. The van der Waals surface area contributed by atoms with Gasteiger partial charge in [0, 0.05) is 18.7 Å². The standard InChI is InChI=1S/C17H21N3O5S2/c1-12(2)27(23,24)20-10-17(11-20)14(8-9-26(17,21)22)16-18-15(19-25-16)13-6-4-3-5-7-13/h3-7,12,14H,8-11H2,1-2H3. The average molecular weight is 412 g/mol. The number of rotatable bonds is 4. The number of aromatic nitrogens is 2. The van der Waals surface area contributed by atoms with E-state index in [0.717, 1.165) is 5.56 Å². The number of sulfone groups is 1. The highest BCUT2D eigenvalue weighted by Gasteiger charge is 2.65. The second-order valence-corrected chi connectivity index (χ2v) is 12.3. The Morgan fingerprint density at radius 3 is 2.52 bits per heavy atom. The summed E-state index contributed by atoms with van der Waals surface area (Å²) in [6.07, 6.45) is 0.355. The van der Waals surface area contributed by atoms with Gasteiger partial charge >= 0.3 is 0 Å². The molecule has 1 atom stereocenters. The third-order valence-electron chi connectivity index (χ3n) is 5.55. The lowest BCUT2D eigenvalue weighted by Crippen LogP contribution is -2.68. The maximum atomic E-state index is 12.8. The Bertz CT molecular complexity index is 1050. The fourth-order valence-electron chi connectivity index (χ4n) is 3.83. The molecule has 1 aromatic heterocycles. The molecule has 0 amide bonds. The van der Waals surface area contributed by atoms with Crippen molar-refractivity contribution in [3.05, 3.63) is 36.2 Å². The summed E-state index contributed by atoms with van der Waals surface area (Å²) in [5.74, 6) is 0.162. The van der Waals surface area contributed by atoms with Gasteiger partial charge in [-0.1, -0.05) is 35.5 Å². The molecule has 0 saturated carbocycles. The van der Waals surface area contributed by atoms with Crippen LogP contribution < -0.4 is 0 Å². The highest BCUT2D eigenvalue weighted by Crippen LogP contribution is 2.50. The maximum absolute atomic E-state index is 12.8. The van der Waals surface area contributed by atoms with Crippen LogP contribution in [0, 0.1) is 0 Å². The highest BCUT2D eigenvalue weighted by atomic mass is 32.2. The van der Waals surface area contributed by atoms with Crippen molar-refractivity contribution >= 4 is 19.9 Å². The van der Waals surface area contributed by atoms with Crippen LogP contribution in [0.2, 0.25) is 0 Å². The largest absolute Gasteiger partial charge is 0.339 e. The van der Waals surface area contributed by atoms with Gasteiger partial charge in [0.05, 0.1) is 16.9 Å². The van der Waals surface area contributed by atoms with Crippen LogP contribution in [0.3, 0.4) is 0 Å². The Kier molecular flexibility index (Phi) is 4.21. The van der Waals surface area contributed by atoms with Crippen molar-refractivity contribution < 1.29 is 21.4 Å². The van der Waals surface area contributed by atoms with Gasteiger partial charge in [-0.2, -0.15) is 9.29 Å². The second kappa shape index (κ2) is 6.11. The van der Waals surface area contributed by atoms with E-state index >= 15 is 0 Å². The first-order chi connectivity index (χ1) is 12.7. The summed E-state index contributed by atoms with van der Waals surface area (Å²) in [5, 5.41) is 3.39. The molecule has 0 bridgehead atoms. The van der Waals surface area contributed by atoms with Crippen molar-refractivity contribution in [1.82, 2.24) is 14.4 Å². The molecule has 2 aliphatic heterocycles. The summed E-state index contributed by atoms with van der Waals surface area (Å²) >= 11 is 0. The molecule has 146 valence electrons. The molecule has 3 heterocycles. The first-order valence-electron chi connectivity index (χ1n) is 8.78. The van der Waals surface area contributed by atoms with Gasteiger partial charge in [0.1, 0.15) is 4.75 Å². The van der Waals surface area contributed by atoms with Gasteiger partial charge in [-0.15, -0.1) is 0 Å². The van der Waals surface area contributed by atoms with Crippen molar-refractivity contribution in [2.45, 2.75) is 36.2 Å². The highest BCUT2D eigenvalue weighted by molar-refractivity contribution is 7.93. The number of hydrogen-bond donors (Lipinski definition) is 0. The smallest absolute Gasteiger partial charge is 0.231 e. The number of hydrogen-bond acceptors (Lipinski definition) is 7. The van der Waals surface area contributed by atoms with Crippen LogP contribution in [0.15, 0.2) is 34.9 Å². The number of benzene rings is 1. The SMILES string of the molecule is CC(C)S(=O)(=O)N1CC2(C1)C(c1nc(-c3ccccc3)no1)CCS2(=O)=O. The van der Waals surface area contributed by atoms with E-state index in [1.807, 2.05) is 30.3 Å². The molecule has 0 aliphatic carbocycles. The topological polar surface area (TPSA) is 110 Å². The van der Waals surface area contributed by atoms with Gasteiger partial charge in [0.25, 0.3) is 0 Å². The van der Waals surface area contributed by atoms with Crippen LogP contribution >= 0.6 is 0 Å². The van der Waals surface area contributed by atoms with Gasteiger partial charge < -0.3 is 4.52 Å². The Balaban J connectivity index is 1.66. The average Bonchev–Trinajstić information content (AvgIpc) is 3.16. The minimum Gasteiger partial charge on any atom is -0.339 e. The predicted octanol–water partition coefficient (Wildman–Crippen LogP) is 1.43. The summed E-state index contributed by atoms with van der Waals surface area (Å²) < 4.78 is 55.7. The molecule has 27 heavy (non-hydrogen) atoms. The number of nitrogens with zero attached hydrogens (tertiary/aromatic N) is 3. The number of sulfonamides is 1. The minimum absolute atomic E-state index is 0.00369. The molecule has 2 aliphatic rings. The molecule has 0 N–H and O–H groups in total. The summed E-state index contributed by atoms with van der Waals surface area (Å²) in [7, 11) is -6.95. The molecule has 1 aromatic carbocycles. The first kappa shape index (κ1) is 18.6. The molecule has 2 aromatic rings. The molecule has 8 nitrogen and oxygen atoms in total. The van der Waals surface area contributed by atoms with Gasteiger partial charge in [0.15, 0.2) is 9.84 Å². The van der Waals surface area contributed by atoms with Gasteiger partial charge in [-0.05, 0) is 20.3 Å². The van der Waals surface area contributed by atoms with Crippen LogP contribution in [0.4, 0.5) is 0 Å². The molecule has 2 fully saturated rings. The zero-order valence-electron chi connectivity index (χ0n) is 15.1. The van der Waals surface area contributed by atoms with Crippen molar-refractivity contribution in [3.8, 4) is 11.4 Å². The Hall–Kier alpha value is -1.78.